The summed E-state index contributed by atoms with van der Waals surface area (Å²) >= 11 is 0. The number of amides is 1. The van der Waals surface area contributed by atoms with Crippen molar-refractivity contribution in [1.29, 1.82) is 0 Å². The van der Waals surface area contributed by atoms with E-state index in [0.717, 1.165) is 23.0 Å². The number of oxime groups is 1. The number of benzene rings is 1. The number of ether oxygens (including phenoxy) is 1. The van der Waals surface area contributed by atoms with Gasteiger partial charge in [0.2, 0.25) is 0 Å². The first-order chi connectivity index (χ1) is 15.7. The molecule has 2 aliphatic heterocycles. The van der Waals surface area contributed by atoms with Crippen molar-refractivity contribution in [3.8, 4) is 5.75 Å². The van der Waals surface area contributed by atoms with E-state index in [1.807, 2.05) is 32.1 Å². The second-order valence-corrected chi connectivity index (χ2v) is 11.6. The molecule has 1 aromatic rings. The number of carbonyl (C=O) groups excluding carboxylic acids is 1. The van der Waals surface area contributed by atoms with Crippen LogP contribution in [0.1, 0.15) is 55.4 Å². The summed E-state index contributed by atoms with van der Waals surface area (Å²) in [6, 6.07) is 3.50. The van der Waals surface area contributed by atoms with Gasteiger partial charge in [-0.2, -0.15) is 8.42 Å². The molecular formula is C24H26N2O7S. The number of hydrogen-bond acceptors (Lipinski definition) is 8. The van der Waals surface area contributed by atoms with E-state index >= 15 is 0 Å². The summed E-state index contributed by atoms with van der Waals surface area (Å²) in [5, 5.41) is 26.4. The summed E-state index contributed by atoms with van der Waals surface area (Å²) < 4.78 is 36.3. The lowest BCUT2D eigenvalue weighted by molar-refractivity contribution is 0.00473. The maximum atomic E-state index is 12.3. The van der Waals surface area contributed by atoms with Gasteiger partial charge in [-0.25, -0.2) is 0 Å². The van der Waals surface area contributed by atoms with Crippen LogP contribution >= 0.6 is 0 Å². The molecule has 0 fully saturated rings. The fourth-order valence-corrected chi connectivity index (χ4v) is 6.22. The minimum Gasteiger partial charge on any atom is -0.477 e. The molecule has 5 rings (SSSR count). The Labute approximate surface area is 197 Å². The molecule has 3 unspecified atom stereocenters. The Balaban J connectivity index is 1.84. The van der Waals surface area contributed by atoms with Crippen molar-refractivity contribution < 1.29 is 32.4 Å². The third-order valence-corrected chi connectivity index (χ3v) is 8.12. The fraction of sp³-hybridized carbons (Fsp3) is 0.417. The van der Waals surface area contributed by atoms with Crippen LogP contribution in [0.5, 0.6) is 5.75 Å². The summed E-state index contributed by atoms with van der Waals surface area (Å²) in [5.74, 6) is -0.152. The lowest BCUT2D eigenvalue weighted by atomic mass is 9.52. The van der Waals surface area contributed by atoms with Gasteiger partial charge >= 0.3 is 10.1 Å². The highest BCUT2D eigenvalue weighted by molar-refractivity contribution is 7.86. The van der Waals surface area contributed by atoms with Crippen LogP contribution in [0.4, 0.5) is 0 Å². The molecule has 3 N–H and O–H groups in total. The van der Waals surface area contributed by atoms with E-state index in [-0.39, 0.29) is 11.5 Å². The van der Waals surface area contributed by atoms with Crippen LogP contribution in [-0.4, -0.2) is 42.2 Å². The first-order valence-electron chi connectivity index (χ1n) is 10.8. The molecule has 2 aliphatic carbocycles. The molecule has 2 heterocycles. The number of hydrogen-bond donors (Lipinski definition) is 3. The minimum atomic E-state index is -3.96. The van der Waals surface area contributed by atoms with Crippen LogP contribution in [0.2, 0.25) is 0 Å². The fourth-order valence-electron chi connectivity index (χ4n) is 5.76. The predicted molar refractivity (Wildman–Crippen MR) is 123 cm³/mol. The number of carbonyl (C=O) groups is 1. The molecule has 180 valence electrons. The monoisotopic (exact) mass is 486 g/mol. The first kappa shape index (κ1) is 22.7. The third-order valence-electron chi connectivity index (χ3n) is 7.64. The molecule has 3 atom stereocenters. The lowest BCUT2D eigenvalue weighted by Gasteiger charge is -2.58. The first-order valence-corrected chi connectivity index (χ1v) is 12.7. The van der Waals surface area contributed by atoms with E-state index in [2.05, 4.69) is 10.5 Å². The predicted octanol–water partition coefficient (Wildman–Crippen LogP) is 2.72. The van der Waals surface area contributed by atoms with Gasteiger partial charge in [-0.15, -0.1) is 0 Å². The van der Waals surface area contributed by atoms with Crippen molar-refractivity contribution in [1.82, 2.24) is 5.32 Å². The van der Waals surface area contributed by atoms with E-state index in [4.69, 9.17) is 8.92 Å². The number of aliphatic hydroxyl groups is 1. The number of fused-ring (bicyclic) bond motifs is 3. The van der Waals surface area contributed by atoms with Gasteiger partial charge in [0.15, 0.2) is 17.6 Å². The van der Waals surface area contributed by atoms with Crippen molar-refractivity contribution in [2.75, 3.05) is 6.26 Å². The Hall–Kier alpha value is -3.11. The highest BCUT2D eigenvalue weighted by Gasteiger charge is 2.63. The van der Waals surface area contributed by atoms with Crippen molar-refractivity contribution in [3.05, 3.63) is 64.0 Å². The average molecular weight is 487 g/mol. The highest BCUT2D eigenvalue weighted by Crippen LogP contribution is 2.62. The molecule has 1 amide bonds. The van der Waals surface area contributed by atoms with Crippen LogP contribution in [0.25, 0.3) is 0 Å². The van der Waals surface area contributed by atoms with Gasteiger partial charge in [0.05, 0.1) is 17.4 Å². The van der Waals surface area contributed by atoms with Crippen molar-refractivity contribution in [2.24, 2.45) is 16.0 Å². The molecule has 0 bridgehead atoms. The zero-order valence-electron chi connectivity index (χ0n) is 19.5. The molecular weight excluding hydrogens is 460 g/mol. The van der Waals surface area contributed by atoms with Crippen LogP contribution in [0.3, 0.4) is 0 Å². The highest BCUT2D eigenvalue weighted by atomic mass is 32.2. The Morgan fingerprint density at radius 2 is 1.94 bits per heavy atom. The number of allylic oxidation sites excluding steroid dienone is 3. The van der Waals surface area contributed by atoms with Gasteiger partial charge in [-0.1, -0.05) is 49.7 Å². The summed E-state index contributed by atoms with van der Waals surface area (Å²) in [5.41, 5.74) is 0.367. The topological polar surface area (TPSA) is 135 Å². The van der Waals surface area contributed by atoms with Crippen molar-refractivity contribution in [3.63, 3.8) is 0 Å². The van der Waals surface area contributed by atoms with E-state index in [9.17, 15) is 23.5 Å². The van der Waals surface area contributed by atoms with Gasteiger partial charge in [0.25, 0.3) is 5.91 Å². The van der Waals surface area contributed by atoms with Gasteiger partial charge in [-0.3, -0.25) is 4.79 Å². The maximum absolute atomic E-state index is 12.3. The van der Waals surface area contributed by atoms with Gasteiger partial charge in [0, 0.05) is 16.9 Å². The molecule has 1 spiro atoms. The average Bonchev–Trinajstić information content (AvgIpc) is 3.00. The molecule has 0 aromatic heterocycles. The normalized spacial score (nSPS) is 32.2. The quantitative estimate of drug-likeness (QED) is 0.332. The maximum Gasteiger partial charge on any atom is 0.306 e. The summed E-state index contributed by atoms with van der Waals surface area (Å²) in [4.78, 5) is 12.3. The van der Waals surface area contributed by atoms with Crippen LogP contribution in [-0.2, 0) is 20.7 Å². The Kier molecular flexibility index (Phi) is 4.49. The molecule has 0 saturated carbocycles. The molecule has 0 saturated heterocycles. The zero-order chi connectivity index (χ0) is 24.8. The van der Waals surface area contributed by atoms with E-state index in [1.165, 1.54) is 0 Å². The molecule has 1 aromatic carbocycles. The summed E-state index contributed by atoms with van der Waals surface area (Å²) in [7, 11) is -3.96. The molecule has 4 aliphatic rings. The molecule has 34 heavy (non-hydrogen) atoms. The molecule has 9 nitrogen and oxygen atoms in total. The van der Waals surface area contributed by atoms with Crippen LogP contribution in [0.15, 0.2) is 52.4 Å². The molecule has 10 heteroatoms. The molecule has 0 radical (unpaired) electrons. The Morgan fingerprint density at radius 1 is 1.24 bits per heavy atom. The minimum absolute atomic E-state index is 0.0506. The second-order valence-electron chi connectivity index (χ2n) is 10.0. The Bertz CT molecular complexity index is 1390. The van der Waals surface area contributed by atoms with Gasteiger partial charge in [-0.05, 0) is 30.5 Å². The van der Waals surface area contributed by atoms with Crippen LogP contribution < -0.4 is 10.1 Å². The number of nitrogens with one attached hydrogen (secondary N) is 1. The van der Waals surface area contributed by atoms with E-state index in [0.29, 0.717) is 23.3 Å². The van der Waals surface area contributed by atoms with Crippen molar-refractivity contribution in [2.45, 2.75) is 45.9 Å². The number of aliphatic hydroxyl groups excluding tert-OH is 1. The standard InChI is InChI=1S/C24H26N2O7S/c1-12-6-9-16-22(2,3)19(26-29)15(33-34(5,30)31)11-24(16)23(12,4)10-13-7-8-14-17(18(13)32-24)21(28)25-20(14)27/h6-9,11,21,28-29H,10H2,1-5H3,(H,25,27). The summed E-state index contributed by atoms with van der Waals surface area (Å²) in [6.07, 6.45) is 5.61. The van der Waals surface area contributed by atoms with Crippen molar-refractivity contribution >= 4 is 21.7 Å². The third kappa shape index (κ3) is 2.78. The number of rotatable bonds is 2. The number of nitrogens with zero attached hydrogens (tertiary/aromatic N) is 1. The Morgan fingerprint density at radius 3 is 2.59 bits per heavy atom. The SMILES string of the molecule is CC1=CC=C2C(C)(C)C(=NO)C(OS(C)(=O)=O)=CC23Oc2c(ccc4c2C(O)NC4=O)CC13C. The smallest absolute Gasteiger partial charge is 0.306 e. The summed E-state index contributed by atoms with van der Waals surface area (Å²) in [6.45, 7) is 7.60. The second kappa shape index (κ2) is 6.73. The van der Waals surface area contributed by atoms with Crippen LogP contribution in [0, 0.1) is 10.8 Å². The largest absolute Gasteiger partial charge is 0.477 e. The lowest BCUT2D eigenvalue weighted by Crippen LogP contribution is -2.62. The zero-order valence-corrected chi connectivity index (χ0v) is 20.3. The van der Waals surface area contributed by atoms with Gasteiger partial charge < -0.3 is 24.6 Å². The van der Waals surface area contributed by atoms with Gasteiger partial charge in [0.1, 0.15) is 11.5 Å². The van der Waals surface area contributed by atoms with E-state index < -0.39 is 38.7 Å². The van der Waals surface area contributed by atoms with E-state index in [1.54, 1.807) is 26.0 Å².